The molecule has 0 bridgehead atoms. The first-order valence-electron chi connectivity index (χ1n) is 10.4. The van der Waals surface area contributed by atoms with Gasteiger partial charge < -0.3 is 10.0 Å². The quantitative estimate of drug-likeness (QED) is 0.678. The number of anilines is 1. The summed E-state index contributed by atoms with van der Waals surface area (Å²) < 4.78 is 0. The molecule has 1 aromatic heterocycles. The Labute approximate surface area is 184 Å². The highest BCUT2D eigenvalue weighted by atomic mass is 32.1. The maximum atomic E-state index is 13.4. The Kier molecular flexibility index (Phi) is 5.08. The van der Waals surface area contributed by atoms with Crippen molar-refractivity contribution in [3.8, 4) is 11.1 Å². The van der Waals surface area contributed by atoms with Gasteiger partial charge in [-0.05, 0) is 41.7 Å². The molecule has 1 N–H and O–H groups in total. The maximum Gasteiger partial charge on any atom is 0.317 e. The first-order valence-corrected chi connectivity index (χ1v) is 11.3. The Balaban J connectivity index is 1.43. The largest absolute Gasteiger partial charge is 0.480 e. The molecular weight excluding hydrogens is 410 g/mol. The molecule has 3 aromatic rings. The van der Waals surface area contributed by atoms with E-state index in [0.29, 0.717) is 31.1 Å². The summed E-state index contributed by atoms with van der Waals surface area (Å²) in [5.74, 6) is -0.896. The number of benzene rings is 2. The van der Waals surface area contributed by atoms with Crippen molar-refractivity contribution in [2.75, 3.05) is 24.5 Å². The molecule has 0 saturated heterocycles. The molecule has 2 aliphatic heterocycles. The normalized spacial score (nSPS) is 15.6. The lowest BCUT2D eigenvalue weighted by Crippen LogP contribution is -2.34. The number of thiazole rings is 1. The van der Waals surface area contributed by atoms with Crippen molar-refractivity contribution in [1.29, 1.82) is 0 Å². The molecule has 2 aromatic carbocycles. The second-order valence-corrected chi connectivity index (χ2v) is 9.15. The average molecular weight is 434 g/mol. The van der Waals surface area contributed by atoms with Crippen LogP contribution in [0.3, 0.4) is 0 Å². The first kappa shape index (κ1) is 19.9. The fraction of sp³-hybridized carbons (Fsp3) is 0.292. The highest BCUT2D eigenvalue weighted by Gasteiger charge is 2.31. The molecule has 158 valence electrons. The van der Waals surface area contributed by atoms with Gasteiger partial charge >= 0.3 is 5.97 Å². The molecule has 0 radical (unpaired) electrons. The van der Waals surface area contributed by atoms with Crippen LogP contribution in [0.25, 0.3) is 11.1 Å². The molecule has 0 unspecified atom stereocenters. The van der Waals surface area contributed by atoms with Gasteiger partial charge in [-0.1, -0.05) is 36.4 Å². The maximum absolute atomic E-state index is 13.4. The number of hydrogen-bond donors (Lipinski definition) is 1. The number of carbonyl (C=O) groups excluding carboxylic acids is 1. The Morgan fingerprint density at radius 1 is 1.06 bits per heavy atom. The molecule has 5 rings (SSSR count). The minimum Gasteiger partial charge on any atom is -0.480 e. The zero-order chi connectivity index (χ0) is 21.5. The van der Waals surface area contributed by atoms with Crippen LogP contribution in [0.1, 0.15) is 31.5 Å². The van der Waals surface area contributed by atoms with E-state index < -0.39 is 5.97 Å². The number of aryl methyl sites for hydroxylation is 1. The number of carboxylic acid groups (broad SMARTS) is 1. The molecule has 3 heterocycles. The molecule has 31 heavy (non-hydrogen) atoms. The van der Waals surface area contributed by atoms with E-state index in [4.69, 9.17) is 5.11 Å². The van der Waals surface area contributed by atoms with Crippen molar-refractivity contribution in [2.24, 2.45) is 0 Å². The van der Waals surface area contributed by atoms with Crippen LogP contribution in [0, 0.1) is 6.92 Å². The van der Waals surface area contributed by atoms with E-state index in [9.17, 15) is 9.59 Å². The lowest BCUT2D eigenvalue weighted by atomic mass is 9.95. The Morgan fingerprint density at radius 3 is 2.68 bits per heavy atom. The number of fused-ring (bicyclic) bond motifs is 2. The molecule has 6 nitrogen and oxygen atoms in total. The topological polar surface area (TPSA) is 73.7 Å². The molecule has 0 saturated carbocycles. The number of carboxylic acids is 1. The van der Waals surface area contributed by atoms with Gasteiger partial charge in [0.15, 0.2) is 5.01 Å². The van der Waals surface area contributed by atoms with Crippen molar-refractivity contribution in [2.45, 2.75) is 26.3 Å². The monoisotopic (exact) mass is 433 g/mol. The SMILES string of the molecule is Cc1ccccc1-c1cccc2c1CCN2C(=O)c1nc2c(s1)CN(CC(=O)O)CC2. The third-order valence-corrected chi connectivity index (χ3v) is 7.13. The smallest absolute Gasteiger partial charge is 0.317 e. The molecule has 0 spiro atoms. The van der Waals surface area contributed by atoms with E-state index in [1.807, 2.05) is 34.1 Å². The number of rotatable bonds is 4. The van der Waals surface area contributed by atoms with E-state index in [1.165, 1.54) is 33.6 Å². The molecule has 0 fully saturated rings. The summed E-state index contributed by atoms with van der Waals surface area (Å²) in [4.78, 5) is 33.8. The van der Waals surface area contributed by atoms with Gasteiger partial charge in [-0.25, -0.2) is 4.98 Å². The minimum atomic E-state index is -0.831. The van der Waals surface area contributed by atoms with E-state index in [0.717, 1.165) is 22.7 Å². The number of hydrogen-bond acceptors (Lipinski definition) is 5. The van der Waals surface area contributed by atoms with Gasteiger partial charge in [-0.2, -0.15) is 0 Å². The van der Waals surface area contributed by atoms with Gasteiger partial charge in [-0.15, -0.1) is 11.3 Å². The van der Waals surface area contributed by atoms with Crippen LogP contribution in [-0.4, -0.2) is 46.5 Å². The predicted molar refractivity (Wildman–Crippen MR) is 121 cm³/mol. The van der Waals surface area contributed by atoms with Crippen LogP contribution < -0.4 is 4.90 Å². The highest BCUT2D eigenvalue weighted by molar-refractivity contribution is 7.13. The zero-order valence-corrected chi connectivity index (χ0v) is 18.1. The average Bonchev–Trinajstić information content (AvgIpc) is 3.37. The van der Waals surface area contributed by atoms with Crippen molar-refractivity contribution in [3.05, 3.63) is 69.2 Å². The lowest BCUT2D eigenvalue weighted by Gasteiger charge is -2.23. The van der Waals surface area contributed by atoms with Gasteiger partial charge in [0, 0.05) is 36.6 Å². The Bertz CT molecular complexity index is 1190. The number of aliphatic carboxylic acids is 1. The molecule has 2 aliphatic rings. The van der Waals surface area contributed by atoms with Crippen molar-refractivity contribution in [3.63, 3.8) is 0 Å². The van der Waals surface area contributed by atoms with Crippen molar-refractivity contribution in [1.82, 2.24) is 9.88 Å². The number of amides is 1. The molecule has 7 heteroatoms. The highest BCUT2D eigenvalue weighted by Crippen LogP contribution is 2.38. The van der Waals surface area contributed by atoms with Crippen molar-refractivity contribution >= 4 is 28.9 Å². The van der Waals surface area contributed by atoms with E-state index in [-0.39, 0.29) is 12.5 Å². The van der Waals surface area contributed by atoms with E-state index in [2.05, 4.69) is 30.1 Å². The van der Waals surface area contributed by atoms with Crippen LogP contribution in [0.2, 0.25) is 0 Å². The standard InChI is InChI=1S/C24H23N3O3S/c1-15-5-2-3-6-16(15)17-7-4-8-20-18(17)9-12-27(20)24(30)23-25-19-10-11-26(14-22(28)29)13-21(19)31-23/h2-8H,9-14H2,1H3,(H,28,29). The summed E-state index contributed by atoms with van der Waals surface area (Å²) in [6.45, 7) is 3.97. The van der Waals surface area contributed by atoms with Crippen LogP contribution >= 0.6 is 11.3 Å². The van der Waals surface area contributed by atoms with Crippen LogP contribution in [0.4, 0.5) is 5.69 Å². The van der Waals surface area contributed by atoms with Gasteiger partial charge in [0.25, 0.3) is 5.91 Å². The minimum absolute atomic E-state index is 0.0157. The summed E-state index contributed by atoms with van der Waals surface area (Å²) in [6, 6.07) is 14.5. The molecule has 1 amide bonds. The van der Waals surface area contributed by atoms with Crippen LogP contribution in [0.5, 0.6) is 0 Å². The van der Waals surface area contributed by atoms with Crippen LogP contribution in [-0.2, 0) is 24.2 Å². The number of aromatic nitrogens is 1. The predicted octanol–water partition coefficient (Wildman–Crippen LogP) is 3.76. The summed E-state index contributed by atoms with van der Waals surface area (Å²) in [6.07, 6.45) is 1.50. The van der Waals surface area contributed by atoms with E-state index in [1.54, 1.807) is 0 Å². The third-order valence-electron chi connectivity index (χ3n) is 6.06. The van der Waals surface area contributed by atoms with E-state index >= 15 is 0 Å². The molecular formula is C24H23N3O3S. The number of carbonyl (C=O) groups is 2. The fourth-order valence-corrected chi connectivity index (χ4v) is 5.65. The summed E-state index contributed by atoms with van der Waals surface area (Å²) >= 11 is 1.40. The third kappa shape index (κ3) is 3.64. The molecule has 0 atom stereocenters. The second kappa shape index (κ2) is 7.90. The molecule has 0 aliphatic carbocycles. The fourth-order valence-electron chi connectivity index (χ4n) is 4.55. The lowest BCUT2D eigenvalue weighted by molar-refractivity contribution is -0.138. The van der Waals surface area contributed by atoms with Crippen molar-refractivity contribution < 1.29 is 14.7 Å². The summed E-state index contributed by atoms with van der Waals surface area (Å²) in [5.41, 5.74) is 6.72. The Morgan fingerprint density at radius 2 is 1.87 bits per heavy atom. The van der Waals surface area contributed by atoms with Gasteiger partial charge in [0.05, 0.1) is 12.2 Å². The van der Waals surface area contributed by atoms with Gasteiger partial charge in [0.1, 0.15) is 0 Å². The number of nitrogens with zero attached hydrogens (tertiary/aromatic N) is 3. The first-order chi connectivity index (χ1) is 15.0. The van der Waals surface area contributed by atoms with Gasteiger partial charge in [0.2, 0.25) is 0 Å². The Hall–Kier alpha value is -3.03. The zero-order valence-electron chi connectivity index (χ0n) is 17.3. The van der Waals surface area contributed by atoms with Gasteiger partial charge in [-0.3, -0.25) is 14.5 Å². The second-order valence-electron chi connectivity index (χ2n) is 8.07. The summed E-state index contributed by atoms with van der Waals surface area (Å²) in [7, 11) is 0. The van der Waals surface area contributed by atoms with Crippen LogP contribution in [0.15, 0.2) is 42.5 Å². The summed E-state index contributed by atoms with van der Waals surface area (Å²) in [5, 5.41) is 9.55.